The maximum absolute atomic E-state index is 5.90. The van der Waals surface area contributed by atoms with E-state index in [4.69, 9.17) is 5.73 Å². The smallest absolute Gasteiger partial charge is 0.111 e. The standard InChI is InChI=1S/C15H23N3/c1-2-3-4-5-6-7-11-14-17-13-10-8-9-12(16)15(13)18-14/h8-10H,2-7,11,16H2,1H3,(H,17,18). The third kappa shape index (κ3) is 3.25. The Bertz CT molecular complexity index is 487. The number of rotatable bonds is 7. The van der Waals surface area contributed by atoms with Gasteiger partial charge in [-0.25, -0.2) is 4.98 Å². The molecule has 0 atom stereocenters. The average Bonchev–Trinajstić information content (AvgIpc) is 2.78. The molecule has 2 rings (SSSR count). The van der Waals surface area contributed by atoms with Gasteiger partial charge < -0.3 is 10.7 Å². The van der Waals surface area contributed by atoms with E-state index in [1.54, 1.807) is 0 Å². The van der Waals surface area contributed by atoms with Crippen LogP contribution in [0.5, 0.6) is 0 Å². The van der Waals surface area contributed by atoms with Crippen molar-refractivity contribution in [1.82, 2.24) is 9.97 Å². The van der Waals surface area contributed by atoms with E-state index < -0.39 is 0 Å². The van der Waals surface area contributed by atoms with Crippen molar-refractivity contribution in [2.45, 2.75) is 51.9 Å². The lowest BCUT2D eigenvalue weighted by Gasteiger charge is -1.98. The zero-order chi connectivity index (χ0) is 12.8. The van der Waals surface area contributed by atoms with Crippen molar-refractivity contribution < 1.29 is 0 Å². The fraction of sp³-hybridized carbons (Fsp3) is 0.533. The van der Waals surface area contributed by atoms with Gasteiger partial charge in [-0.2, -0.15) is 0 Å². The number of anilines is 1. The molecular weight excluding hydrogens is 222 g/mol. The second kappa shape index (κ2) is 6.43. The van der Waals surface area contributed by atoms with Gasteiger partial charge in [0.15, 0.2) is 0 Å². The molecule has 98 valence electrons. The number of aryl methyl sites for hydroxylation is 1. The molecule has 0 bridgehead atoms. The highest BCUT2D eigenvalue weighted by Crippen LogP contribution is 2.19. The van der Waals surface area contributed by atoms with E-state index >= 15 is 0 Å². The molecule has 1 aromatic carbocycles. The van der Waals surface area contributed by atoms with Gasteiger partial charge >= 0.3 is 0 Å². The molecule has 3 heteroatoms. The van der Waals surface area contributed by atoms with Gasteiger partial charge in [0.2, 0.25) is 0 Å². The summed E-state index contributed by atoms with van der Waals surface area (Å²) >= 11 is 0. The predicted molar refractivity (Wildman–Crippen MR) is 77.6 cm³/mol. The van der Waals surface area contributed by atoms with Crippen LogP contribution >= 0.6 is 0 Å². The number of hydrogen-bond acceptors (Lipinski definition) is 2. The van der Waals surface area contributed by atoms with Crippen molar-refractivity contribution in [3.05, 3.63) is 24.0 Å². The van der Waals surface area contributed by atoms with Gasteiger partial charge in [0.1, 0.15) is 11.3 Å². The minimum absolute atomic E-state index is 0.762. The topological polar surface area (TPSA) is 54.7 Å². The van der Waals surface area contributed by atoms with Gasteiger partial charge in [-0.05, 0) is 18.6 Å². The van der Waals surface area contributed by atoms with Crippen molar-refractivity contribution >= 4 is 16.7 Å². The molecule has 0 aliphatic heterocycles. The fourth-order valence-corrected chi connectivity index (χ4v) is 2.30. The molecule has 0 aliphatic carbocycles. The van der Waals surface area contributed by atoms with Crippen LogP contribution in [-0.4, -0.2) is 9.97 Å². The van der Waals surface area contributed by atoms with Crippen LogP contribution < -0.4 is 5.73 Å². The van der Waals surface area contributed by atoms with Gasteiger partial charge in [0.05, 0.1) is 11.2 Å². The van der Waals surface area contributed by atoms with Crippen molar-refractivity contribution in [1.29, 1.82) is 0 Å². The Hall–Kier alpha value is -1.51. The summed E-state index contributed by atoms with van der Waals surface area (Å²) < 4.78 is 0. The number of imidazole rings is 1. The summed E-state index contributed by atoms with van der Waals surface area (Å²) in [4.78, 5) is 7.91. The lowest BCUT2D eigenvalue weighted by molar-refractivity contribution is 0.602. The zero-order valence-corrected chi connectivity index (χ0v) is 11.2. The third-order valence-electron chi connectivity index (χ3n) is 3.36. The highest BCUT2D eigenvalue weighted by molar-refractivity contribution is 5.86. The zero-order valence-electron chi connectivity index (χ0n) is 11.2. The van der Waals surface area contributed by atoms with E-state index in [9.17, 15) is 0 Å². The molecule has 0 amide bonds. The second-order valence-corrected chi connectivity index (χ2v) is 4.94. The molecule has 18 heavy (non-hydrogen) atoms. The Balaban J connectivity index is 1.83. The number of aromatic nitrogens is 2. The third-order valence-corrected chi connectivity index (χ3v) is 3.36. The summed E-state index contributed by atoms with van der Waals surface area (Å²) in [6.07, 6.45) is 8.92. The van der Waals surface area contributed by atoms with E-state index in [0.717, 1.165) is 29.0 Å². The number of aromatic amines is 1. The molecule has 0 fully saturated rings. The summed E-state index contributed by atoms with van der Waals surface area (Å²) in [5.74, 6) is 1.07. The fourth-order valence-electron chi connectivity index (χ4n) is 2.30. The first-order chi connectivity index (χ1) is 8.81. The number of fused-ring (bicyclic) bond motifs is 1. The molecule has 0 radical (unpaired) electrons. The summed E-state index contributed by atoms with van der Waals surface area (Å²) in [5.41, 5.74) is 8.63. The lowest BCUT2D eigenvalue weighted by Crippen LogP contribution is -1.89. The number of hydrogen-bond donors (Lipinski definition) is 2. The Morgan fingerprint density at radius 3 is 2.67 bits per heavy atom. The van der Waals surface area contributed by atoms with Gasteiger partial charge in [0, 0.05) is 6.42 Å². The summed E-state index contributed by atoms with van der Waals surface area (Å²) in [7, 11) is 0. The van der Waals surface area contributed by atoms with Crippen LogP contribution in [0, 0.1) is 0 Å². The van der Waals surface area contributed by atoms with Crippen molar-refractivity contribution in [3.63, 3.8) is 0 Å². The highest BCUT2D eigenvalue weighted by atomic mass is 14.9. The quantitative estimate of drug-likeness (QED) is 0.571. The van der Waals surface area contributed by atoms with E-state index in [2.05, 4.69) is 16.9 Å². The minimum Gasteiger partial charge on any atom is -0.397 e. The maximum atomic E-state index is 5.90. The molecule has 2 aromatic rings. The summed E-state index contributed by atoms with van der Waals surface area (Å²) in [6.45, 7) is 2.25. The first kappa shape index (κ1) is 12.9. The van der Waals surface area contributed by atoms with Crippen LogP contribution in [0.4, 0.5) is 5.69 Å². The summed E-state index contributed by atoms with van der Waals surface area (Å²) in [6, 6.07) is 5.89. The molecule has 0 saturated heterocycles. The van der Waals surface area contributed by atoms with Gasteiger partial charge in [-0.3, -0.25) is 0 Å². The van der Waals surface area contributed by atoms with Crippen LogP contribution in [0.15, 0.2) is 18.2 Å². The first-order valence-electron chi connectivity index (χ1n) is 7.04. The van der Waals surface area contributed by atoms with Crippen molar-refractivity contribution in [3.8, 4) is 0 Å². The molecule has 1 heterocycles. The molecule has 1 aromatic heterocycles. The van der Waals surface area contributed by atoms with Gasteiger partial charge in [-0.1, -0.05) is 45.1 Å². The number of nitrogen functional groups attached to an aromatic ring is 1. The van der Waals surface area contributed by atoms with E-state index in [-0.39, 0.29) is 0 Å². The largest absolute Gasteiger partial charge is 0.397 e. The summed E-state index contributed by atoms with van der Waals surface area (Å²) in [5, 5.41) is 0. The number of benzene rings is 1. The van der Waals surface area contributed by atoms with Crippen LogP contribution in [0.1, 0.15) is 51.3 Å². The number of H-pyrrole nitrogens is 1. The number of nitrogens with zero attached hydrogens (tertiary/aromatic N) is 1. The van der Waals surface area contributed by atoms with Crippen molar-refractivity contribution in [2.24, 2.45) is 0 Å². The molecule has 0 saturated carbocycles. The first-order valence-corrected chi connectivity index (χ1v) is 7.04. The molecule has 3 nitrogen and oxygen atoms in total. The predicted octanol–water partition coefficient (Wildman–Crippen LogP) is 4.05. The minimum atomic E-state index is 0.762. The van der Waals surface area contributed by atoms with Crippen LogP contribution in [0.3, 0.4) is 0 Å². The second-order valence-electron chi connectivity index (χ2n) is 4.94. The van der Waals surface area contributed by atoms with E-state index in [1.165, 1.54) is 38.5 Å². The molecular formula is C15H23N3. The van der Waals surface area contributed by atoms with Crippen LogP contribution in [0.25, 0.3) is 11.0 Å². The van der Waals surface area contributed by atoms with Gasteiger partial charge in [0.25, 0.3) is 0 Å². The average molecular weight is 245 g/mol. The number of nitrogens with one attached hydrogen (secondary N) is 1. The number of unbranched alkanes of at least 4 members (excludes halogenated alkanes) is 5. The SMILES string of the molecule is CCCCCCCCc1nc2c(N)cccc2[nH]1. The van der Waals surface area contributed by atoms with E-state index in [1.807, 2.05) is 18.2 Å². The Labute approximate surface area is 109 Å². The molecule has 0 aliphatic rings. The molecule has 3 N–H and O–H groups in total. The van der Waals surface area contributed by atoms with Crippen LogP contribution in [0.2, 0.25) is 0 Å². The Morgan fingerprint density at radius 2 is 1.89 bits per heavy atom. The monoisotopic (exact) mass is 245 g/mol. The van der Waals surface area contributed by atoms with E-state index in [0.29, 0.717) is 0 Å². The number of nitrogens with two attached hydrogens (primary N) is 1. The molecule has 0 unspecified atom stereocenters. The lowest BCUT2D eigenvalue weighted by atomic mass is 10.1. The maximum Gasteiger partial charge on any atom is 0.111 e. The van der Waals surface area contributed by atoms with Crippen molar-refractivity contribution in [2.75, 3.05) is 5.73 Å². The Morgan fingerprint density at radius 1 is 1.11 bits per heavy atom. The molecule has 0 spiro atoms. The van der Waals surface area contributed by atoms with Crippen LogP contribution in [-0.2, 0) is 6.42 Å². The highest BCUT2D eigenvalue weighted by Gasteiger charge is 2.04. The number of para-hydroxylation sites is 1. The normalized spacial score (nSPS) is 11.2. The van der Waals surface area contributed by atoms with Gasteiger partial charge in [-0.15, -0.1) is 0 Å². The Kier molecular flexibility index (Phi) is 4.62.